The first kappa shape index (κ1) is 12.6. The Balaban J connectivity index is 2.14. The molecule has 0 aliphatic carbocycles. The molecule has 1 saturated heterocycles. The van der Waals surface area contributed by atoms with E-state index < -0.39 is 0 Å². The number of nitrogens with two attached hydrogens (primary N) is 1. The second-order valence-corrected chi connectivity index (χ2v) is 4.69. The summed E-state index contributed by atoms with van der Waals surface area (Å²) in [6.45, 7) is 3.06. The van der Waals surface area contributed by atoms with Gasteiger partial charge in [-0.2, -0.15) is 0 Å². The number of rotatable bonds is 5. The van der Waals surface area contributed by atoms with Crippen LogP contribution < -0.4 is 11.3 Å². The highest BCUT2D eigenvalue weighted by Gasteiger charge is 2.26. The van der Waals surface area contributed by atoms with Gasteiger partial charge in [-0.3, -0.25) is 11.3 Å². The summed E-state index contributed by atoms with van der Waals surface area (Å²) in [6, 6.07) is 8.78. The zero-order valence-electron chi connectivity index (χ0n) is 10.5. The molecule has 1 fully saturated rings. The molecule has 0 spiro atoms. The van der Waals surface area contributed by atoms with Crippen molar-refractivity contribution in [3.63, 3.8) is 0 Å². The van der Waals surface area contributed by atoms with Crippen LogP contribution in [0.15, 0.2) is 24.3 Å². The molecule has 2 unspecified atom stereocenters. The molecule has 3 nitrogen and oxygen atoms in total. The fourth-order valence-corrected chi connectivity index (χ4v) is 2.51. The van der Waals surface area contributed by atoms with Crippen molar-refractivity contribution in [2.45, 2.75) is 44.8 Å². The molecule has 0 aromatic heterocycles. The van der Waals surface area contributed by atoms with Gasteiger partial charge in [0.2, 0.25) is 0 Å². The molecule has 0 saturated carbocycles. The molecule has 1 aliphatic rings. The van der Waals surface area contributed by atoms with E-state index in [4.69, 9.17) is 10.6 Å². The van der Waals surface area contributed by atoms with Crippen molar-refractivity contribution < 1.29 is 4.74 Å². The van der Waals surface area contributed by atoms with Crippen molar-refractivity contribution in [2.75, 3.05) is 6.61 Å². The number of hydrogen-bond acceptors (Lipinski definition) is 3. The lowest BCUT2D eigenvalue weighted by Gasteiger charge is -2.23. The maximum atomic E-state index is 5.72. The number of hydrogen-bond donors (Lipinski definition) is 2. The minimum atomic E-state index is 0.120. The predicted octanol–water partition coefficient (Wildman–Crippen LogP) is 2.32. The molecule has 1 aromatic rings. The van der Waals surface area contributed by atoms with Gasteiger partial charge < -0.3 is 4.74 Å². The van der Waals surface area contributed by atoms with Crippen molar-refractivity contribution >= 4 is 0 Å². The summed E-state index contributed by atoms with van der Waals surface area (Å²) in [5, 5.41) is 0. The standard InChI is InChI=1S/C14H22N2O/c1-2-5-11-6-3-7-12(10-11)14(16-15)13-8-4-9-17-13/h3,6-7,10,13-14,16H,2,4-5,8-9,15H2,1H3. The highest BCUT2D eigenvalue weighted by Crippen LogP contribution is 2.26. The van der Waals surface area contributed by atoms with Crippen molar-refractivity contribution in [3.05, 3.63) is 35.4 Å². The average Bonchev–Trinajstić information content (AvgIpc) is 2.85. The lowest BCUT2D eigenvalue weighted by Crippen LogP contribution is -2.36. The van der Waals surface area contributed by atoms with Crippen LogP contribution in [0.4, 0.5) is 0 Å². The smallest absolute Gasteiger partial charge is 0.0783 e. The Morgan fingerprint density at radius 3 is 3.06 bits per heavy atom. The zero-order valence-corrected chi connectivity index (χ0v) is 10.5. The summed E-state index contributed by atoms with van der Waals surface area (Å²) < 4.78 is 5.72. The van der Waals surface area contributed by atoms with E-state index in [1.54, 1.807) is 0 Å². The van der Waals surface area contributed by atoms with E-state index in [0.717, 1.165) is 25.9 Å². The highest BCUT2D eigenvalue weighted by atomic mass is 16.5. The minimum Gasteiger partial charge on any atom is -0.376 e. The Hall–Kier alpha value is -0.900. The normalized spacial score (nSPS) is 21.6. The summed E-state index contributed by atoms with van der Waals surface area (Å²) in [6.07, 6.45) is 4.74. The SMILES string of the molecule is CCCc1cccc(C(NN)C2CCCO2)c1. The van der Waals surface area contributed by atoms with Crippen molar-refractivity contribution in [2.24, 2.45) is 5.84 Å². The fourth-order valence-electron chi connectivity index (χ4n) is 2.51. The summed E-state index contributed by atoms with van der Waals surface area (Å²) >= 11 is 0. The molecule has 0 bridgehead atoms. The van der Waals surface area contributed by atoms with E-state index in [1.165, 1.54) is 17.5 Å². The van der Waals surface area contributed by atoms with Crippen molar-refractivity contribution in [1.29, 1.82) is 0 Å². The van der Waals surface area contributed by atoms with Crippen LogP contribution in [0.2, 0.25) is 0 Å². The second-order valence-electron chi connectivity index (χ2n) is 4.69. The Kier molecular flexibility index (Phi) is 4.54. The van der Waals surface area contributed by atoms with Gasteiger partial charge in [0.1, 0.15) is 0 Å². The first-order chi connectivity index (χ1) is 8.35. The van der Waals surface area contributed by atoms with Crippen LogP contribution >= 0.6 is 0 Å². The number of aryl methyl sites for hydroxylation is 1. The van der Waals surface area contributed by atoms with Gasteiger partial charge in [-0.15, -0.1) is 0 Å². The molecular formula is C14H22N2O. The largest absolute Gasteiger partial charge is 0.376 e. The van der Waals surface area contributed by atoms with Gasteiger partial charge in [0, 0.05) is 6.61 Å². The van der Waals surface area contributed by atoms with Crippen LogP contribution in [0, 0.1) is 0 Å². The molecular weight excluding hydrogens is 212 g/mol. The van der Waals surface area contributed by atoms with Gasteiger partial charge in [0.15, 0.2) is 0 Å². The molecule has 3 heteroatoms. The Labute approximate surface area is 103 Å². The maximum absolute atomic E-state index is 5.72. The van der Waals surface area contributed by atoms with Gasteiger partial charge >= 0.3 is 0 Å². The molecule has 17 heavy (non-hydrogen) atoms. The third-order valence-corrected chi connectivity index (χ3v) is 3.37. The molecule has 1 aromatic carbocycles. The van der Waals surface area contributed by atoms with Crippen molar-refractivity contribution in [3.8, 4) is 0 Å². The van der Waals surface area contributed by atoms with E-state index in [2.05, 4.69) is 36.6 Å². The lowest BCUT2D eigenvalue weighted by molar-refractivity contribution is 0.0783. The molecule has 2 rings (SSSR count). The van der Waals surface area contributed by atoms with E-state index in [9.17, 15) is 0 Å². The molecule has 0 radical (unpaired) electrons. The second kappa shape index (κ2) is 6.15. The van der Waals surface area contributed by atoms with Crippen LogP contribution in [-0.4, -0.2) is 12.7 Å². The van der Waals surface area contributed by atoms with Crippen LogP contribution in [-0.2, 0) is 11.2 Å². The van der Waals surface area contributed by atoms with E-state index in [0.29, 0.717) is 0 Å². The predicted molar refractivity (Wildman–Crippen MR) is 69.5 cm³/mol. The Morgan fingerprint density at radius 1 is 1.53 bits per heavy atom. The van der Waals surface area contributed by atoms with Crippen LogP contribution in [0.3, 0.4) is 0 Å². The molecule has 0 amide bonds. The maximum Gasteiger partial charge on any atom is 0.0783 e. The number of benzene rings is 1. The highest BCUT2D eigenvalue weighted by molar-refractivity contribution is 5.27. The third-order valence-electron chi connectivity index (χ3n) is 3.37. The number of ether oxygens (including phenoxy) is 1. The van der Waals surface area contributed by atoms with Crippen molar-refractivity contribution in [1.82, 2.24) is 5.43 Å². The average molecular weight is 234 g/mol. The number of hydrazine groups is 1. The number of nitrogens with one attached hydrogen (secondary N) is 1. The fraction of sp³-hybridized carbons (Fsp3) is 0.571. The van der Waals surface area contributed by atoms with Gasteiger partial charge in [-0.25, -0.2) is 0 Å². The zero-order chi connectivity index (χ0) is 12.1. The van der Waals surface area contributed by atoms with Gasteiger partial charge in [-0.1, -0.05) is 37.6 Å². The Morgan fingerprint density at radius 2 is 2.41 bits per heavy atom. The summed E-state index contributed by atoms with van der Waals surface area (Å²) in [5.74, 6) is 5.68. The third kappa shape index (κ3) is 3.06. The van der Waals surface area contributed by atoms with Gasteiger partial charge in [-0.05, 0) is 30.4 Å². The quantitative estimate of drug-likeness (QED) is 0.607. The first-order valence-electron chi connectivity index (χ1n) is 6.51. The van der Waals surface area contributed by atoms with Crippen LogP contribution in [0.1, 0.15) is 43.4 Å². The lowest BCUT2D eigenvalue weighted by atomic mass is 9.97. The van der Waals surface area contributed by atoms with Gasteiger partial charge in [0.25, 0.3) is 0 Å². The topological polar surface area (TPSA) is 47.3 Å². The monoisotopic (exact) mass is 234 g/mol. The molecule has 1 heterocycles. The summed E-state index contributed by atoms with van der Waals surface area (Å²) in [5.41, 5.74) is 5.52. The van der Waals surface area contributed by atoms with Gasteiger partial charge in [0.05, 0.1) is 12.1 Å². The Bertz CT molecular complexity index is 348. The van der Waals surface area contributed by atoms with Crippen LogP contribution in [0.25, 0.3) is 0 Å². The molecule has 2 atom stereocenters. The summed E-state index contributed by atoms with van der Waals surface area (Å²) in [4.78, 5) is 0. The van der Waals surface area contributed by atoms with E-state index >= 15 is 0 Å². The molecule has 3 N–H and O–H groups in total. The summed E-state index contributed by atoms with van der Waals surface area (Å²) in [7, 11) is 0. The molecule has 1 aliphatic heterocycles. The van der Waals surface area contributed by atoms with E-state index in [1.807, 2.05) is 0 Å². The van der Waals surface area contributed by atoms with Crippen LogP contribution in [0.5, 0.6) is 0 Å². The first-order valence-corrected chi connectivity index (χ1v) is 6.51. The van der Waals surface area contributed by atoms with E-state index in [-0.39, 0.29) is 12.1 Å². The minimum absolute atomic E-state index is 0.120. The molecule has 94 valence electrons.